The van der Waals surface area contributed by atoms with Crippen molar-refractivity contribution in [1.29, 1.82) is 0 Å². The van der Waals surface area contributed by atoms with Gasteiger partial charge >= 0.3 is 0 Å². The van der Waals surface area contributed by atoms with Crippen LogP contribution < -0.4 is 0 Å². The first-order chi connectivity index (χ1) is 25.0. The Bertz CT molecular complexity index is 1850. The van der Waals surface area contributed by atoms with Gasteiger partial charge in [-0.05, 0) is 179 Å². The van der Waals surface area contributed by atoms with Crippen LogP contribution in [0.4, 0.5) is 0 Å². The van der Waals surface area contributed by atoms with Crippen LogP contribution in [0.5, 0.6) is 0 Å². The van der Waals surface area contributed by atoms with Crippen LogP contribution in [-0.2, 0) is 15.6 Å². The molecule has 9 aliphatic rings. The van der Waals surface area contributed by atoms with Crippen molar-refractivity contribution in [3.63, 3.8) is 0 Å². The maximum atomic E-state index is 13.8. The second kappa shape index (κ2) is 11.4. The summed E-state index contributed by atoms with van der Waals surface area (Å²) in [6.45, 7) is 0. The van der Waals surface area contributed by atoms with Gasteiger partial charge in [0, 0.05) is 22.0 Å². The third kappa shape index (κ3) is 5.08. The third-order valence-corrected chi connectivity index (χ3v) is 14.7. The number of carbonyl (C=O) groups excluding carboxylic acids is 1. The van der Waals surface area contributed by atoms with Gasteiger partial charge in [-0.25, -0.2) is 9.36 Å². The van der Waals surface area contributed by atoms with E-state index in [9.17, 15) is 4.79 Å². The standard InChI is InChI=1S/C44H48N6O/c51-42-36(18-28-4-8-38(9-5-28)49-40(26-45-47-49)43-20-30-12-31(21-43)14-32(13-30)22-43)2-1-3-37(42)19-29-6-10-39(11-7-29)50-41(27-46-48-50)44-23-33-15-34(24-44)17-35(16-33)25-44/h4-11,18-19,26-27,30-35H,1-3,12-17,20-25H2/b36-18-,37-19+. The molecular formula is C44H48N6O. The minimum atomic E-state index is 0.176. The van der Waals surface area contributed by atoms with Gasteiger partial charge in [0.15, 0.2) is 5.78 Å². The lowest BCUT2D eigenvalue weighted by molar-refractivity contribution is -0.112. The number of hydrogen-bond donors (Lipinski definition) is 0. The smallest absolute Gasteiger partial charge is 0.185 e. The molecule has 7 heteroatoms. The predicted octanol–water partition coefficient (Wildman–Crippen LogP) is 9.00. The van der Waals surface area contributed by atoms with Gasteiger partial charge in [-0.1, -0.05) is 34.7 Å². The summed E-state index contributed by atoms with van der Waals surface area (Å²) in [5.74, 6) is 5.45. The van der Waals surface area contributed by atoms with E-state index in [2.05, 4.69) is 90.7 Å². The second-order valence-corrected chi connectivity index (χ2v) is 18.2. The Labute approximate surface area is 300 Å². The number of carbonyl (C=O) groups is 1. The zero-order valence-electron chi connectivity index (χ0n) is 29.6. The van der Waals surface area contributed by atoms with Gasteiger partial charge in [-0.15, -0.1) is 10.2 Å². The van der Waals surface area contributed by atoms with Crippen LogP contribution in [0.1, 0.15) is 119 Å². The summed E-state index contributed by atoms with van der Waals surface area (Å²) < 4.78 is 4.21. The van der Waals surface area contributed by atoms with E-state index in [1.807, 2.05) is 12.4 Å². The van der Waals surface area contributed by atoms with Crippen LogP contribution in [0.2, 0.25) is 0 Å². The molecule has 2 heterocycles. The first kappa shape index (κ1) is 30.5. The van der Waals surface area contributed by atoms with E-state index < -0.39 is 0 Å². The molecule has 51 heavy (non-hydrogen) atoms. The summed E-state index contributed by atoms with van der Waals surface area (Å²) in [5, 5.41) is 18.0. The van der Waals surface area contributed by atoms with E-state index in [1.165, 1.54) is 88.4 Å². The fourth-order valence-electron chi connectivity index (χ4n) is 13.4. The molecule has 13 rings (SSSR count). The summed E-state index contributed by atoms with van der Waals surface area (Å²) in [6, 6.07) is 17.2. The molecule has 8 bridgehead atoms. The maximum Gasteiger partial charge on any atom is 0.185 e. The van der Waals surface area contributed by atoms with Crippen molar-refractivity contribution in [2.24, 2.45) is 35.5 Å². The normalized spacial score (nSPS) is 36.5. The van der Waals surface area contributed by atoms with Crippen molar-refractivity contribution in [3.8, 4) is 11.4 Å². The highest BCUT2D eigenvalue weighted by molar-refractivity contribution is 6.14. The van der Waals surface area contributed by atoms with Crippen LogP contribution in [0, 0.1) is 35.5 Å². The van der Waals surface area contributed by atoms with Crippen molar-refractivity contribution < 1.29 is 4.79 Å². The number of hydrogen-bond acceptors (Lipinski definition) is 5. The van der Waals surface area contributed by atoms with Gasteiger partial charge in [0.2, 0.25) is 0 Å². The quantitative estimate of drug-likeness (QED) is 0.191. The summed E-state index contributed by atoms with van der Waals surface area (Å²) in [5.41, 5.74) is 9.15. The lowest BCUT2D eigenvalue weighted by Crippen LogP contribution is -2.49. The molecule has 9 saturated carbocycles. The Hall–Kier alpha value is -4.13. The molecule has 0 atom stereocenters. The third-order valence-electron chi connectivity index (χ3n) is 14.7. The Balaban J connectivity index is 0.806. The molecule has 2 aromatic carbocycles. The average molecular weight is 677 g/mol. The van der Waals surface area contributed by atoms with Crippen LogP contribution in [0.15, 0.2) is 72.1 Å². The highest BCUT2D eigenvalue weighted by Gasteiger charge is 2.54. The minimum absolute atomic E-state index is 0.176. The Kier molecular flexibility index (Phi) is 6.84. The molecule has 2 aromatic heterocycles. The highest BCUT2D eigenvalue weighted by Crippen LogP contribution is 2.62. The Morgan fingerprint density at radius 3 is 1.24 bits per heavy atom. The van der Waals surface area contributed by atoms with E-state index in [4.69, 9.17) is 0 Å². The molecule has 7 nitrogen and oxygen atoms in total. The topological polar surface area (TPSA) is 78.5 Å². The number of ketones is 1. The van der Waals surface area contributed by atoms with Crippen molar-refractivity contribution in [2.45, 2.75) is 107 Å². The van der Waals surface area contributed by atoms with Crippen LogP contribution in [0.3, 0.4) is 0 Å². The summed E-state index contributed by atoms with van der Waals surface area (Å²) in [6.07, 6.45) is 27.2. The van der Waals surface area contributed by atoms with E-state index in [0.29, 0.717) is 0 Å². The van der Waals surface area contributed by atoms with Gasteiger partial charge in [0.05, 0.1) is 35.2 Å². The van der Waals surface area contributed by atoms with Crippen molar-refractivity contribution in [1.82, 2.24) is 30.0 Å². The maximum absolute atomic E-state index is 13.8. The molecule has 9 fully saturated rings. The van der Waals surface area contributed by atoms with Crippen molar-refractivity contribution >= 4 is 17.9 Å². The van der Waals surface area contributed by atoms with Gasteiger partial charge in [0.1, 0.15) is 0 Å². The van der Waals surface area contributed by atoms with E-state index in [-0.39, 0.29) is 16.6 Å². The number of benzene rings is 2. The SMILES string of the molecule is O=C1/C(=C\c2ccc(-n3nncc3C34CC5CC(CC(C5)C3)C4)cc2)CCC/C1=C\c1ccc(-n2nncc2C23CC4CC(CC(C4)C2)C3)cc1. The Morgan fingerprint density at radius 1 is 0.529 bits per heavy atom. The fraction of sp³-hybridized carbons (Fsp3) is 0.523. The zero-order valence-corrected chi connectivity index (χ0v) is 29.6. The molecule has 0 amide bonds. The molecular weight excluding hydrogens is 629 g/mol. The molecule has 0 aliphatic heterocycles. The molecule has 0 saturated heterocycles. The molecule has 4 aromatic rings. The lowest BCUT2D eigenvalue weighted by Gasteiger charge is -2.56. The molecule has 0 unspecified atom stereocenters. The molecule has 260 valence electrons. The first-order valence-corrected chi connectivity index (χ1v) is 20.0. The van der Waals surface area contributed by atoms with Crippen LogP contribution in [-0.4, -0.2) is 35.8 Å². The van der Waals surface area contributed by atoms with Crippen LogP contribution in [0.25, 0.3) is 23.5 Å². The zero-order chi connectivity index (χ0) is 33.7. The summed E-state index contributed by atoms with van der Waals surface area (Å²) >= 11 is 0. The summed E-state index contributed by atoms with van der Waals surface area (Å²) in [4.78, 5) is 13.8. The van der Waals surface area contributed by atoms with Gasteiger partial charge < -0.3 is 0 Å². The second-order valence-electron chi connectivity index (χ2n) is 18.2. The number of nitrogens with zero attached hydrogens (tertiary/aromatic N) is 6. The van der Waals surface area contributed by atoms with E-state index in [0.717, 1.165) is 88.4 Å². The van der Waals surface area contributed by atoms with Crippen molar-refractivity contribution in [2.75, 3.05) is 0 Å². The first-order valence-electron chi connectivity index (χ1n) is 20.0. The van der Waals surface area contributed by atoms with Crippen molar-refractivity contribution in [3.05, 3.63) is 94.6 Å². The highest BCUT2D eigenvalue weighted by atomic mass is 16.1. The predicted molar refractivity (Wildman–Crippen MR) is 197 cm³/mol. The number of rotatable bonds is 6. The number of aromatic nitrogens is 6. The Morgan fingerprint density at radius 2 is 0.882 bits per heavy atom. The largest absolute Gasteiger partial charge is 0.289 e. The van der Waals surface area contributed by atoms with E-state index >= 15 is 0 Å². The van der Waals surface area contributed by atoms with Gasteiger partial charge in [-0.3, -0.25) is 4.79 Å². The minimum Gasteiger partial charge on any atom is -0.289 e. The molecule has 0 spiro atoms. The number of allylic oxidation sites excluding steroid dienone is 2. The summed E-state index contributed by atoms with van der Waals surface area (Å²) in [7, 11) is 0. The molecule has 0 N–H and O–H groups in total. The van der Waals surface area contributed by atoms with Gasteiger partial charge in [0.25, 0.3) is 0 Å². The number of Topliss-reactive ketones (excluding diaryl/α,β-unsaturated/α-hetero) is 1. The fourth-order valence-corrected chi connectivity index (χ4v) is 13.4. The van der Waals surface area contributed by atoms with E-state index in [1.54, 1.807) is 0 Å². The average Bonchev–Trinajstić information content (AvgIpc) is 3.82. The van der Waals surface area contributed by atoms with Gasteiger partial charge in [-0.2, -0.15) is 0 Å². The van der Waals surface area contributed by atoms with Crippen LogP contribution >= 0.6 is 0 Å². The molecule has 9 aliphatic carbocycles. The lowest BCUT2D eigenvalue weighted by atomic mass is 9.49. The monoisotopic (exact) mass is 676 g/mol. The molecule has 0 radical (unpaired) electrons.